The number of nitrogens with zero attached hydrogens (tertiary/aromatic N) is 1. The molecule has 0 saturated carbocycles. The number of hydrogen-bond acceptors (Lipinski definition) is 2. The fourth-order valence-corrected chi connectivity index (χ4v) is 2.74. The molecular weight excluding hydrogens is 315 g/mol. The van der Waals surface area contributed by atoms with Crippen LogP contribution in [-0.2, 0) is 11.3 Å². The minimum atomic E-state index is -0.320. The van der Waals surface area contributed by atoms with E-state index in [1.807, 2.05) is 31.0 Å². The third-order valence-corrected chi connectivity index (χ3v) is 4.40. The van der Waals surface area contributed by atoms with Crippen molar-refractivity contribution in [1.29, 1.82) is 0 Å². The standard InChI is InChI=1S/C21H21FN2O/c1-15(21(25)23-20-11-9-19(22)10-12-20)24(2)14-16-7-8-17-5-3-4-6-18(17)13-16/h3-13,15H,14H2,1-2H3,(H,23,25)/t15-/m0/s1. The van der Waals surface area contributed by atoms with E-state index in [0.29, 0.717) is 12.2 Å². The topological polar surface area (TPSA) is 32.3 Å². The van der Waals surface area contributed by atoms with E-state index in [0.717, 1.165) is 5.56 Å². The maximum Gasteiger partial charge on any atom is 0.241 e. The quantitative estimate of drug-likeness (QED) is 0.747. The molecule has 128 valence electrons. The number of hydrogen-bond donors (Lipinski definition) is 1. The van der Waals surface area contributed by atoms with Crippen molar-refractivity contribution in [2.24, 2.45) is 0 Å². The zero-order chi connectivity index (χ0) is 17.8. The number of benzene rings is 3. The SMILES string of the molecule is C[C@@H](C(=O)Nc1ccc(F)cc1)N(C)Cc1ccc2ccccc2c1. The largest absolute Gasteiger partial charge is 0.325 e. The van der Waals surface area contributed by atoms with Gasteiger partial charge >= 0.3 is 0 Å². The Balaban J connectivity index is 1.65. The molecule has 4 heteroatoms. The molecule has 0 saturated heterocycles. The van der Waals surface area contributed by atoms with E-state index in [4.69, 9.17) is 0 Å². The van der Waals surface area contributed by atoms with Crippen molar-refractivity contribution >= 4 is 22.4 Å². The van der Waals surface area contributed by atoms with Gasteiger partial charge in [0.15, 0.2) is 0 Å². The molecule has 3 aromatic rings. The highest BCUT2D eigenvalue weighted by Gasteiger charge is 2.18. The van der Waals surface area contributed by atoms with E-state index in [1.165, 1.54) is 22.9 Å². The predicted octanol–water partition coefficient (Wildman–Crippen LogP) is 4.44. The van der Waals surface area contributed by atoms with Gasteiger partial charge in [-0.2, -0.15) is 0 Å². The van der Waals surface area contributed by atoms with Gasteiger partial charge in [-0.25, -0.2) is 4.39 Å². The van der Waals surface area contributed by atoms with Crippen LogP contribution < -0.4 is 5.32 Å². The van der Waals surface area contributed by atoms with Crippen molar-refractivity contribution in [2.45, 2.75) is 19.5 Å². The van der Waals surface area contributed by atoms with E-state index < -0.39 is 0 Å². The van der Waals surface area contributed by atoms with Gasteiger partial charge in [-0.15, -0.1) is 0 Å². The maximum absolute atomic E-state index is 12.9. The Morgan fingerprint density at radius 3 is 2.44 bits per heavy atom. The summed E-state index contributed by atoms with van der Waals surface area (Å²) in [6.07, 6.45) is 0. The highest BCUT2D eigenvalue weighted by atomic mass is 19.1. The van der Waals surface area contributed by atoms with Gasteiger partial charge < -0.3 is 5.32 Å². The van der Waals surface area contributed by atoms with E-state index in [1.54, 1.807) is 12.1 Å². The Hall–Kier alpha value is -2.72. The number of rotatable bonds is 5. The van der Waals surface area contributed by atoms with Crippen LogP contribution >= 0.6 is 0 Å². The summed E-state index contributed by atoms with van der Waals surface area (Å²) in [6.45, 7) is 2.53. The molecule has 0 heterocycles. The summed E-state index contributed by atoms with van der Waals surface area (Å²) in [4.78, 5) is 14.4. The Kier molecular flexibility index (Phi) is 5.10. The molecule has 25 heavy (non-hydrogen) atoms. The number of likely N-dealkylation sites (N-methyl/N-ethyl adjacent to an activating group) is 1. The van der Waals surface area contributed by atoms with Gasteiger partial charge in [-0.3, -0.25) is 9.69 Å². The number of nitrogens with one attached hydrogen (secondary N) is 1. The van der Waals surface area contributed by atoms with E-state index in [-0.39, 0.29) is 17.8 Å². The van der Waals surface area contributed by atoms with Gasteiger partial charge in [0, 0.05) is 12.2 Å². The van der Waals surface area contributed by atoms with Crippen LogP contribution in [0.15, 0.2) is 66.7 Å². The lowest BCUT2D eigenvalue weighted by Gasteiger charge is -2.24. The molecular formula is C21H21FN2O. The first kappa shape index (κ1) is 17.1. The molecule has 0 aliphatic rings. The second kappa shape index (κ2) is 7.45. The van der Waals surface area contributed by atoms with Crippen LogP contribution in [0.4, 0.5) is 10.1 Å². The van der Waals surface area contributed by atoms with E-state index in [2.05, 4.69) is 35.6 Å². The summed E-state index contributed by atoms with van der Waals surface area (Å²) in [5.74, 6) is -0.436. The molecule has 0 radical (unpaired) electrons. The van der Waals surface area contributed by atoms with Gasteiger partial charge in [-0.05, 0) is 60.6 Å². The fraction of sp³-hybridized carbons (Fsp3) is 0.190. The number of fused-ring (bicyclic) bond motifs is 1. The smallest absolute Gasteiger partial charge is 0.241 e. The van der Waals surface area contributed by atoms with E-state index >= 15 is 0 Å². The van der Waals surface area contributed by atoms with Crippen LogP contribution in [0.25, 0.3) is 10.8 Å². The van der Waals surface area contributed by atoms with Crippen molar-refractivity contribution in [3.63, 3.8) is 0 Å². The number of carbonyl (C=O) groups excluding carboxylic acids is 1. The predicted molar refractivity (Wildman–Crippen MR) is 99.9 cm³/mol. The van der Waals surface area contributed by atoms with Crippen LogP contribution in [-0.4, -0.2) is 23.9 Å². The lowest BCUT2D eigenvalue weighted by Crippen LogP contribution is -2.39. The van der Waals surface area contributed by atoms with Crippen LogP contribution in [0, 0.1) is 5.82 Å². The van der Waals surface area contributed by atoms with Crippen LogP contribution in [0.1, 0.15) is 12.5 Å². The summed E-state index contributed by atoms with van der Waals surface area (Å²) in [5, 5.41) is 5.21. The maximum atomic E-state index is 12.9. The fourth-order valence-electron chi connectivity index (χ4n) is 2.74. The molecule has 3 rings (SSSR count). The molecule has 0 fully saturated rings. The molecule has 0 bridgehead atoms. The molecule has 1 N–H and O–H groups in total. The third-order valence-electron chi connectivity index (χ3n) is 4.40. The average molecular weight is 336 g/mol. The van der Waals surface area contributed by atoms with Crippen LogP contribution in [0.3, 0.4) is 0 Å². The number of halogens is 1. The third kappa shape index (κ3) is 4.22. The second-order valence-electron chi connectivity index (χ2n) is 6.27. The lowest BCUT2D eigenvalue weighted by atomic mass is 10.1. The zero-order valence-electron chi connectivity index (χ0n) is 14.4. The Labute approximate surface area is 147 Å². The zero-order valence-corrected chi connectivity index (χ0v) is 14.4. The summed E-state index contributed by atoms with van der Waals surface area (Å²) >= 11 is 0. The van der Waals surface area contributed by atoms with Crippen molar-refractivity contribution in [3.8, 4) is 0 Å². The first-order valence-corrected chi connectivity index (χ1v) is 8.27. The molecule has 0 spiro atoms. The number of anilines is 1. The summed E-state index contributed by atoms with van der Waals surface area (Å²) in [6, 6.07) is 20.0. The first-order chi connectivity index (χ1) is 12.0. The Bertz CT molecular complexity index is 876. The van der Waals surface area contributed by atoms with Gasteiger partial charge in [0.25, 0.3) is 0 Å². The molecule has 0 aromatic heterocycles. The molecule has 0 unspecified atom stereocenters. The molecule has 0 aliphatic carbocycles. The first-order valence-electron chi connectivity index (χ1n) is 8.27. The molecule has 0 aliphatic heterocycles. The van der Waals surface area contributed by atoms with Crippen molar-refractivity contribution in [3.05, 3.63) is 78.1 Å². The van der Waals surface area contributed by atoms with Crippen molar-refractivity contribution in [1.82, 2.24) is 4.90 Å². The van der Waals surface area contributed by atoms with Crippen molar-refractivity contribution in [2.75, 3.05) is 12.4 Å². The van der Waals surface area contributed by atoms with Crippen LogP contribution in [0.2, 0.25) is 0 Å². The van der Waals surface area contributed by atoms with Gasteiger partial charge in [0.1, 0.15) is 5.82 Å². The normalized spacial score (nSPS) is 12.3. The lowest BCUT2D eigenvalue weighted by molar-refractivity contribution is -0.120. The molecule has 1 amide bonds. The molecule has 1 atom stereocenters. The second-order valence-corrected chi connectivity index (χ2v) is 6.27. The van der Waals surface area contributed by atoms with Crippen molar-refractivity contribution < 1.29 is 9.18 Å². The number of carbonyl (C=O) groups is 1. The highest BCUT2D eigenvalue weighted by Crippen LogP contribution is 2.17. The van der Waals surface area contributed by atoms with E-state index in [9.17, 15) is 9.18 Å². The van der Waals surface area contributed by atoms with Crippen LogP contribution in [0.5, 0.6) is 0 Å². The average Bonchev–Trinajstić information content (AvgIpc) is 2.62. The van der Waals surface area contributed by atoms with Gasteiger partial charge in [-0.1, -0.05) is 36.4 Å². The summed E-state index contributed by atoms with van der Waals surface area (Å²) < 4.78 is 12.9. The van der Waals surface area contributed by atoms with Gasteiger partial charge in [0.05, 0.1) is 6.04 Å². The Morgan fingerprint density at radius 2 is 1.72 bits per heavy atom. The summed E-state index contributed by atoms with van der Waals surface area (Å²) in [7, 11) is 1.92. The summed E-state index contributed by atoms with van der Waals surface area (Å²) in [5.41, 5.74) is 1.75. The molecule has 3 aromatic carbocycles. The number of amides is 1. The highest BCUT2D eigenvalue weighted by molar-refractivity contribution is 5.94. The Morgan fingerprint density at radius 1 is 1.04 bits per heavy atom. The minimum Gasteiger partial charge on any atom is -0.325 e. The minimum absolute atomic E-state index is 0.116. The molecule has 3 nitrogen and oxygen atoms in total. The van der Waals surface area contributed by atoms with Gasteiger partial charge in [0.2, 0.25) is 5.91 Å². The monoisotopic (exact) mass is 336 g/mol.